The maximum Gasteiger partial charge on any atom is 0.224 e. The van der Waals surface area contributed by atoms with E-state index < -0.39 is 17.8 Å². The van der Waals surface area contributed by atoms with Crippen molar-refractivity contribution in [2.24, 2.45) is 23.7 Å². The normalized spacial score (nSPS) is 29.6. The van der Waals surface area contributed by atoms with Crippen molar-refractivity contribution in [3.63, 3.8) is 0 Å². The molecule has 0 aromatic heterocycles. The minimum atomic E-state index is -1.16. The molecule has 2 bridgehead atoms. The lowest BCUT2D eigenvalue weighted by atomic mass is 9.82. The number of allylic oxidation sites excluding steroid dienone is 2. The fraction of sp³-hybridized carbons (Fsp3) is 0.375. The van der Waals surface area contributed by atoms with E-state index in [0.29, 0.717) is 6.42 Å². The molecule has 110 valence electrons. The van der Waals surface area contributed by atoms with Crippen LogP contribution in [-0.2, 0) is 16.1 Å². The summed E-state index contributed by atoms with van der Waals surface area (Å²) >= 11 is 0. The highest BCUT2D eigenvalue weighted by Crippen LogP contribution is 2.47. The first-order chi connectivity index (χ1) is 10.1. The molecule has 0 aliphatic heterocycles. The van der Waals surface area contributed by atoms with Crippen LogP contribution in [0, 0.1) is 29.5 Å². The van der Waals surface area contributed by atoms with E-state index in [9.17, 15) is 19.1 Å². The zero-order valence-electron chi connectivity index (χ0n) is 11.3. The van der Waals surface area contributed by atoms with Gasteiger partial charge in [-0.15, -0.1) is 0 Å². The number of carbonyl (C=O) groups is 2. The molecule has 0 spiro atoms. The number of rotatable bonds is 4. The molecule has 1 N–H and O–H groups in total. The molecule has 0 radical (unpaired) electrons. The van der Waals surface area contributed by atoms with Crippen molar-refractivity contribution in [1.82, 2.24) is 5.32 Å². The highest BCUT2D eigenvalue weighted by atomic mass is 19.1. The quantitative estimate of drug-likeness (QED) is 0.826. The van der Waals surface area contributed by atoms with Gasteiger partial charge in [0.1, 0.15) is 5.82 Å². The van der Waals surface area contributed by atoms with Crippen molar-refractivity contribution in [3.8, 4) is 0 Å². The number of carboxylic acid groups (broad SMARTS) is 1. The number of aliphatic carboxylic acids is 1. The van der Waals surface area contributed by atoms with E-state index >= 15 is 0 Å². The summed E-state index contributed by atoms with van der Waals surface area (Å²) in [7, 11) is 0. The van der Waals surface area contributed by atoms with E-state index in [1.165, 1.54) is 12.1 Å². The highest BCUT2D eigenvalue weighted by molar-refractivity contribution is 5.86. The molecule has 4 atom stereocenters. The number of nitrogens with one attached hydrogen (secondary N) is 1. The smallest absolute Gasteiger partial charge is 0.224 e. The molecule has 5 heteroatoms. The van der Waals surface area contributed by atoms with Gasteiger partial charge in [-0.3, -0.25) is 4.79 Å². The standard InChI is InChI=1S/C16H16FNO3/c17-12-5-1-9(2-6-12)8-18-15(19)13-10-3-4-11(7-10)14(13)16(20)21/h1-6,10-11,13-14H,7-8H2,(H,18,19)(H,20,21)/p-1/t10-,11+,13+,14+/m0/s1. The average Bonchev–Trinajstić information content (AvgIpc) is 3.06. The third kappa shape index (κ3) is 2.55. The zero-order valence-corrected chi connectivity index (χ0v) is 11.3. The highest BCUT2D eigenvalue weighted by Gasteiger charge is 2.48. The summed E-state index contributed by atoms with van der Waals surface area (Å²) in [5.41, 5.74) is 0.772. The van der Waals surface area contributed by atoms with Crippen LogP contribution >= 0.6 is 0 Å². The molecule has 1 aromatic rings. The van der Waals surface area contributed by atoms with Gasteiger partial charge < -0.3 is 15.2 Å². The van der Waals surface area contributed by atoms with Crippen molar-refractivity contribution in [3.05, 3.63) is 47.8 Å². The Balaban J connectivity index is 1.66. The predicted octanol–water partition coefficient (Wildman–Crippen LogP) is 0.630. The van der Waals surface area contributed by atoms with Crippen LogP contribution in [0.3, 0.4) is 0 Å². The second-order valence-electron chi connectivity index (χ2n) is 5.66. The van der Waals surface area contributed by atoms with Crippen molar-refractivity contribution < 1.29 is 19.1 Å². The molecule has 1 amide bonds. The van der Waals surface area contributed by atoms with Gasteiger partial charge in [-0.1, -0.05) is 24.3 Å². The van der Waals surface area contributed by atoms with Crippen molar-refractivity contribution >= 4 is 11.9 Å². The predicted molar refractivity (Wildman–Crippen MR) is 71.0 cm³/mol. The first kappa shape index (κ1) is 13.8. The van der Waals surface area contributed by atoms with Crippen LogP contribution < -0.4 is 10.4 Å². The fourth-order valence-electron chi connectivity index (χ4n) is 3.41. The van der Waals surface area contributed by atoms with Gasteiger partial charge in [0.25, 0.3) is 0 Å². The van der Waals surface area contributed by atoms with Crippen molar-refractivity contribution in [2.75, 3.05) is 0 Å². The Labute approximate surface area is 121 Å². The van der Waals surface area contributed by atoms with E-state index in [0.717, 1.165) is 5.56 Å². The number of hydrogen-bond acceptors (Lipinski definition) is 3. The Morgan fingerprint density at radius 1 is 1.14 bits per heavy atom. The molecule has 2 aliphatic rings. The Morgan fingerprint density at radius 2 is 1.76 bits per heavy atom. The van der Waals surface area contributed by atoms with Crippen molar-refractivity contribution in [1.29, 1.82) is 0 Å². The van der Waals surface area contributed by atoms with Gasteiger partial charge in [0, 0.05) is 18.4 Å². The Morgan fingerprint density at radius 3 is 2.38 bits per heavy atom. The van der Waals surface area contributed by atoms with Crippen LogP contribution in [0.25, 0.3) is 0 Å². The Kier molecular flexibility index (Phi) is 3.49. The molecule has 0 heterocycles. The molecule has 4 nitrogen and oxygen atoms in total. The van der Waals surface area contributed by atoms with Crippen LogP contribution in [-0.4, -0.2) is 11.9 Å². The molecule has 0 saturated heterocycles. The lowest BCUT2D eigenvalue weighted by Gasteiger charge is -2.27. The Bertz CT molecular complexity index is 596. The number of benzene rings is 1. The molecule has 3 rings (SSSR count). The van der Waals surface area contributed by atoms with Gasteiger partial charge in [0.15, 0.2) is 0 Å². The third-order valence-electron chi connectivity index (χ3n) is 4.41. The monoisotopic (exact) mass is 288 g/mol. The lowest BCUT2D eigenvalue weighted by molar-refractivity contribution is -0.313. The van der Waals surface area contributed by atoms with Crippen LogP contribution in [0.2, 0.25) is 0 Å². The van der Waals surface area contributed by atoms with E-state index in [1.807, 2.05) is 12.2 Å². The molecule has 21 heavy (non-hydrogen) atoms. The Hall–Kier alpha value is -2.17. The van der Waals surface area contributed by atoms with Crippen molar-refractivity contribution in [2.45, 2.75) is 13.0 Å². The molecule has 2 aliphatic carbocycles. The van der Waals surface area contributed by atoms with E-state index in [4.69, 9.17) is 0 Å². The first-order valence-corrected chi connectivity index (χ1v) is 6.97. The number of carboxylic acids is 1. The number of fused-ring (bicyclic) bond motifs is 2. The van der Waals surface area contributed by atoms with Gasteiger partial charge in [-0.2, -0.15) is 0 Å². The van der Waals surface area contributed by atoms with Gasteiger partial charge in [0.05, 0.1) is 5.92 Å². The summed E-state index contributed by atoms with van der Waals surface area (Å²) in [6.07, 6.45) is 4.49. The van der Waals surface area contributed by atoms with E-state index in [-0.39, 0.29) is 30.1 Å². The topological polar surface area (TPSA) is 69.2 Å². The van der Waals surface area contributed by atoms with Gasteiger partial charge >= 0.3 is 0 Å². The SMILES string of the molecule is O=C([O-])[C@H]1[C@H](C(=O)NCc2ccc(F)cc2)[C@H]2C=C[C@@H]1C2. The molecule has 1 fully saturated rings. The molecular formula is C16H15FNO3-. The third-order valence-corrected chi connectivity index (χ3v) is 4.41. The zero-order chi connectivity index (χ0) is 15.0. The molecule has 1 saturated carbocycles. The largest absolute Gasteiger partial charge is 0.550 e. The van der Waals surface area contributed by atoms with E-state index in [2.05, 4.69) is 5.32 Å². The molecule has 1 aromatic carbocycles. The summed E-state index contributed by atoms with van der Waals surface area (Å²) in [5, 5.41) is 14.0. The summed E-state index contributed by atoms with van der Waals surface area (Å²) < 4.78 is 12.8. The number of halogens is 1. The summed E-state index contributed by atoms with van der Waals surface area (Å²) in [6, 6.07) is 5.83. The molecule has 0 unspecified atom stereocenters. The average molecular weight is 288 g/mol. The van der Waals surface area contributed by atoms with Crippen LogP contribution in [0.5, 0.6) is 0 Å². The fourth-order valence-corrected chi connectivity index (χ4v) is 3.41. The first-order valence-electron chi connectivity index (χ1n) is 6.97. The minimum Gasteiger partial charge on any atom is -0.550 e. The van der Waals surface area contributed by atoms with Gasteiger partial charge in [-0.25, -0.2) is 4.39 Å². The summed E-state index contributed by atoms with van der Waals surface area (Å²) in [4.78, 5) is 23.5. The summed E-state index contributed by atoms with van der Waals surface area (Å²) in [5.74, 6) is -3.19. The number of carbonyl (C=O) groups excluding carboxylic acids is 2. The number of hydrogen-bond donors (Lipinski definition) is 1. The van der Waals surface area contributed by atoms with Crippen LogP contribution in [0.15, 0.2) is 36.4 Å². The van der Waals surface area contributed by atoms with E-state index in [1.54, 1.807) is 12.1 Å². The minimum absolute atomic E-state index is 0.0221. The second kappa shape index (κ2) is 5.31. The summed E-state index contributed by atoms with van der Waals surface area (Å²) in [6.45, 7) is 0.260. The lowest BCUT2D eigenvalue weighted by Crippen LogP contribution is -2.44. The van der Waals surface area contributed by atoms with Crippen LogP contribution in [0.4, 0.5) is 4.39 Å². The van der Waals surface area contributed by atoms with Gasteiger partial charge in [-0.05, 0) is 36.0 Å². The van der Waals surface area contributed by atoms with Gasteiger partial charge in [0.2, 0.25) is 5.91 Å². The molecular weight excluding hydrogens is 273 g/mol. The van der Waals surface area contributed by atoms with Crippen LogP contribution in [0.1, 0.15) is 12.0 Å². The maximum atomic E-state index is 12.8. The maximum absolute atomic E-state index is 12.8. The second-order valence-corrected chi connectivity index (χ2v) is 5.66. The number of amides is 1.